The Kier molecular flexibility index (Phi) is 33.0. The van der Waals surface area contributed by atoms with Gasteiger partial charge in [-0.3, -0.25) is 27.6 Å². The highest BCUT2D eigenvalue weighted by Crippen LogP contribution is 2.45. The van der Waals surface area contributed by atoms with E-state index in [-0.39, 0.29) is 131 Å². The molecular formula is C55H62ClN13O20S7. The van der Waals surface area contributed by atoms with E-state index >= 15 is 0 Å². The third-order valence-electron chi connectivity index (χ3n) is 11.7. The van der Waals surface area contributed by atoms with Crippen LogP contribution in [0.2, 0.25) is 5.02 Å². The SMILES string of the molecule is C.CC(=O)Nc1cc(N=Nc2cc(SCCCS(=O)(=O)O)c(N=Nc3cc(OCCCCS(=O)(=O)O)c(N=Nc4c(C)c(C#N)c5nc6ccccc6n5c4O)cc3C)cc2NC(C)=O)c(SCCCS(=O)(=O)O)cc1N=Nc1ccc(Cl)cc1.COC.O=S(=O)=O.O=S(=O)=O. The van der Waals surface area contributed by atoms with Gasteiger partial charge in [-0.1, -0.05) is 31.2 Å². The molecule has 2 amide bonds. The minimum atomic E-state index is -4.34. The van der Waals surface area contributed by atoms with Crippen LogP contribution in [0.4, 0.5) is 56.9 Å². The monoisotopic (exact) mass is 1480 g/mol. The molecule has 0 aliphatic rings. The van der Waals surface area contributed by atoms with E-state index in [0.29, 0.717) is 37.1 Å². The lowest BCUT2D eigenvalue weighted by molar-refractivity contribution is -0.115. The molecule has 516 valence electrons. The number of ether oxygens (including phenoxy) is 2. The van der Waals surface area contributed by atoms with Gasteiger partial charge in [0.25, 0.3) is 30.4 Å². The van der Waals surface area contributed by atoms with E-state index in [4.69, 9.17) is 41.6 Å². The van der Waals surface area contributed by atoms with Crippen LogP contribution in [-0.4, -0.2) is 140 Å². The zero-order chi connectivity index (χ0) is 70.8. The number of nitriles is 1. The van der Waals surface area contributed by atoms with Crippen molar-refractivity contribution in [2.24, 2.45) is 40.9 Å². The molecule has 7 rings (SSSR count). The summed E-state index contributed by atoms with van der Waals surface area (Å²) < 4.78 is 160. The van der Waals surface area contributed by atoms with Gasteiger partial charge in [0.05, 0.1) is 57.6 Å². The van der Waals surface area contributed by atoms with E-state index in [1.165, 1.54) is 42.5 Å². The van der Waals surface area contributed by atoms with Gasteiger partial charge in [0.1, 0.15) is 45.8 Å². The number of hydrogen-bond acceptors (Lipinski definition) is 29. The number of benzene rings is 5. The smallest absolute Gasteiger partial charge is 0.425 e. The number of rotatable bonds is 26. The van der Waals surface area contributed by atoms with Crippen LogP contribution in [0, 0.1) is 25.2 Å². The number of halogens is 1. The number of nitrogens with one attached hydrogen (secondary N) is 2. The lowest BCUT2D eigenvalue weighted by Gasteiger charge is -2.13. The summed E-state index contributed by atoms with van der Waals surface area (Å²) >= 11 is 8.29. The van der Waals surface area contributed by atoms with Crippen LogP contribution in [0.15, 0.2) is 136 Å². The highest BCUT2D eigenvalue weighted by Gasteiger charge is 2.22. The number of nitrogens with zero attached hydrogens (tertiary/aromatic N) is 11. The van der Waals surface area contributed by atoms with Crippen LogP contribution in [0.25, 0.3) is 16.7 Å². The number of para-hydroxylation sites is 2. The Hall–Kier alpha value is -8.60. The number of anilines is 2. The predicted molar refractivity (Wildman–Crippen MR) is 358 cm³/mol. The maximum atomic E-state index is 12.8. The molecule has 33 nitrogen and oxygen atoms in total. The Bertz CT molecular complexity index is 4690. The van der Waals surface area contributed by atoms with Crippen LogP contribution in [0.3, 0.4) is 0 Å². The number of carbonyl (C=O) groups excluding carboxylic acids is 2. The number of aryl methyl sites for hydroxylation is 1. The highest BCUT2D eigenvalue weighted by molar-refractivity contribution is 7.99. The number of aromatic nitrogens is 2. The molecule has 2 aromatic heterocycles. The molecule has 0 radical (unpaired) electrons. The molecule has 7 aromatic rings. The molecule has 0 aliphatic heterocycles. The molecule has 0 saturated carbocycles. The molecule has 0 fully saturated rings. The van der Waals surface area contributed by atoms with Crippen molar-refractivity contribution < 1.29 is 88.3 Å². The minimum Gasteiger partial charge on any atom is -0.493 e. The fourth-order valence-corrected chi connectivity index (χ4v) is 11.8. The Morgan fingerprint density at radius 1 is 0.635 bits per heavy atom. The lowest BCUT2D eigenvalue weighted by atomic mass is 10.1. The Labute approximate surface area is 567 Å². The van der Waals surface area contributed by atoms with E-state index in [2.05, 4.69) is 67.3 Å². The van der Waals surface area contributed by atoms with E-state index in [1.807, 2.05) is 0 Å². The second kappa shape index (κ2) is 38.8. The number of hydrogen-bond donors (Lipinski definition) is 6. The van der Waals surface area contributed by atoms with Crippen LogP contribution in [0.1, 0.15) is 63.6 Å². The molecule has 41 heteroatoms. The van der Waals surface area contributed by atoms with Crippen molar-refractivity contribution in [1.29, 1.82) is 5.26 Å². The third-order valence-corrected chi connectivity index (χ3v) is 16.6. The first-order chi connectivity index (χ1) is 44.6. The molecule has 0 atom stereocenters. The summed E-state index contributed by atoms with van der Waals surface area (Å²) in [4.78, 5) is 30.6. The summed E-state index contributed by atoms with van der Waals surface area (Å²) in [5.41, 5.74) is 3.57. The molecule has 0 saturated heterocycles. The number of fused-ring (bicyclic) bond motifs is 3. The molecule has 0 bridgehead atoms. The van der Waals surface area contributed by atoms with E-state index in [1.54, 1.807) is 88.7 Å². The van der Waals surface area contributed by atoms with Crippen molar-refractivity contribution in [2.75, 3.05) is 60.2 Å². The fraction of sp³-hybridized carbons (Fsp3) is 0.309. The number of amides is 2. The molecule has 0 aliphatic carbocycles. The number of azo groups is 4. The van der Waals surface area contributed by atoms with Gasteiger partial charge in [-0.15, -0.1) is 79.5 Å². The van der Waals surface area contributed by atoms with Gasteiger partial charge in [-0.2, -0.15) is 40.7 Å². The number of unbranched alkanes of at least 4 members (excludes halogenated alkanes) is 1. The topological polar surface area (TPSA) is 502 Å². The van der Waals surface area contributed by atoms with E-state index < -0.39 is 80.6 Å². The molecule has 2 heterocycles. The lowest BCUT2D eigenvalue weighted by Crippen LogP contribution is -2.06. The zero-order valence-corrected chi connectivity index (χ0v) is 57.1. The van der Waals surface area contributed by atoms with Gasteiger partial charge in [-0.05, 0) is 123 Å². The average Bonchev–Trinajstić information content (AvgIpc) is 1.57. The summed E-state index contributed by atoms with van der Waals surface area (Å²) in [5, 5.41) is 63.3. The molecule has 5 aromatic carbocycles. The molecule has 96 heavy (non-hydrogen) atoms. The normalized spacial score (nSPS) is 11.5. The summed E-state index contributed by atoms with van der Waals surface area (Å²) in [5.74, 6) is -2.65. The van der Waals surface area contributed by atoms with Crippen LogP contribution in [0.5, 0.6) is 11.6 Å². The van der Waals surface area contributed by atoms with Crippen LogP contribution < -0.4 is 15.4 Å². The number of imidazole rings is 1. The van der Waals surface area contributed by atoms with Crippen molar-refractivity contribution in [3.8, 4) is 17.7 Å². The van der Waals surface area contributed by atoms with Crippen molar-refractivity contribution >= 4 is 172 Å². The molecular weight excluding hydrogens is 1420 g/mol. The second-order valence-electron chi connectivity index (χ2n) is 19.1. The summed E-state index contributed by atoms with van der Waals surface area (Å²) in [7, 11) is -15.9. The standard InChI is InChI=1S/C52H52ClN13O13S5.C2H6O.CH4.2O3S/c1-30-23-43(62-65-50-31(2)36(29-54)51-57-37-11-5-6-12-46(37)66(51)52(50)69)47(79-17-7-8-20-82(70,71)72)26-38(30)59-63-44-25-40(56-33(4)68)42(28-49(44)81-19-10-22-84(76,77)78)61-64-45-24-39(55-32(3)67)41(60-58-35-15-13-34(53)14-16-35)27-48(45)80-18-9-21-83(73,74)75;1-3-2;;2*1-4(2)3/h5-6,11-16,23-28,69H,7-10,17-22H2,1-4H3,(H,55,67)(H,56,68)(H,70,71,72)(H,73,74,75)(H,76,77,78);1-2H3;1H4;;. The van der Waals surface area contributed by atoms with E-state index in [0.717, 1.165) is 23.5 Å². The average molecular weight is 1490 g/mol. The van der Waals surface area contributed by atoms with Gasteiger partial charge in [-0.25, -0.2) is 4.98 Å². The zero-order valence-electron chi connectivity index (χ0n) is 50.6. The summed E-state index contributed by atoms with van der Waals surface area (Å²) in [6.07, 6.45) is 0.215. The molecule has 6 N–H and O–H groups in total. The first kappa shape index (κ1) is 81.6. The second-order valence-corrected chi connectivity index (χ2v) is 27.3. The van der Waals surface area contributed by atoms with Crippen molar-refractivity contribution in [3.63, 3.8) is 0 Å². The van der Waals surface area contributed by atoms with Crippen molar-refractivity contribution in [1.82, 2.24) is 9.38 Å². The number of carbonyl (C=O) groups is 2. The Morgan fingerprint density at radius 3 is 1.56 bits per heavy atom. The summed E-state index contributed by atoms with van der Waals surface area (Å²) in [6, 6.07) is 24.5. The van der Waals surface area contributed by atoms with Gasteiger partial charge < -0.3 is 25.2 Å². The van der Waals surface area contributed by atoms with Crippen LogP contribution in [-0.2, 0) is 65.9 Å². The van der Waals surface area contributed by atoms with Crippen LogP contribution >= 0.6 is 35.1 Å². The van der Waals surface area contributed by atoms with Crippen molar-refractivity contribution in [3.05, 3.63) is 107 Å². The Balaban J connectivity index is 0.00000186. The Morgan fingerprint density at radius 2 is 1.08 bits per heavy atom. The number of pyridine rings is 1. The minimum absolute atomic E-state index is 0. The number of thioether (sulfide) groups is 2. The first-order valence-electron chi connectivity index (χ1n) is 26.8. The first-order valence-corrected chi connectivity index (χ1v) is 36.0. The number of methoxy groups -OCH3 is 1. The van der Waals surface area contributed by atoms with Gasteiger partial charge in [0.15, 0.2) is 11.3 Å². The third kappa shape index (κ3) is 28.0. The highest BCUT2D eigenvalue weighted by atomic mass is 35.5. The van der Waals surface area contributed by atoms with Crippen molar-refractivity contribution in [2.45, 2.75) is 70.6 Å². The fourth-order valence-electron chi connectivity index (χ4n) is 7.79. The molecule has 0 spiro atoms. The summed E-state index contributed by atoms with van der Waals surface area (Å²) in [6.45, 7) is 5.71. The van der Waals surface area contributed by atoms with E-state index in [9.17, 15) is 58.9 Å². The number of aromatic hydroxyl groups is 1. The maximum Gasteiger partial charge on any atom is 0.425 e. The van der Waals surface area contributed by atoms with Gasteiger partial charge in [0.2, 0.25) is 17.7 Å². The largest absolute Gasteiger partial charge is 0.493 e. The molecule has 0 unspecified atom stereocenters. The maximum absolute atomic E-state index is 12.8. The van der Waals surface area contributed by atoms with Gasteiger partial charge >= 0.3 is 21.2 Å². The quantitative estimate of drug-likeness (QED) is 0.0127. The van der Waals surface area contributed by atoms with Gasteiger partial charge in [0, 0.05) is 54.5 Å². The predicted octanol–water partition coefficient (Wildman–Crippen LogP) is 12.6.